The summed E-state index contributed by atoms with van der Waals surface area (Å²) in [6.07, 6.45) is 1.40. The summed E-state index contributed by atoms with van der Waals surface area (Å²) in [5.74, 6) is -1.40. The molecular formula is C11H11F2N3O. The van der Waals surface area contributed by atoms with Gasteiger partial charge in [0.05, 0.1) is 6.20 Å². The van der Waals surface area contributed by atoms with Crippen molar-refractivity contribution in [1.29, 1.82) is 0 Å². The van der Waals surface area contributed by atoms with Gasteiger partial charge in [0, 0.05) is 6.07 Å². The van der Waals surface area contributed by atoms with Crippen LogP contribution in [0, 0.1) is 11.6 Å². The van der Waals surface area contributed by atoms with Gasteiger partial charge >= 0.3 is 0 Å². The third-order valence-electron chi connectivity index (χ3n) is 2.28. The minimum Gasteiger partial charge on any atom is -0.384 e. The molecule has 0 aliphatic rings. The fraction of sp³-hybridized carbons (Fsp3) is 0.273. The number of aliphatic hydroxyl groups is 1. The van der Waals surface area contributed by atoms with Gasteiger partial charge in [-0.1, -0.05) is 5.21 Å². The molecule has 0 aliphatic heterocycles. The van der Waals surface area contributed by atoms with Gasteiger partial charge in [0.1, 0.15) is 22.8 Å². The predicted molar refractivity (Wildman–Crippen MR) is 56.5 cm³/mol. The number of aromatic nitrogens is 3. The smallest absolute Gasteiger partial charge is 0.151 e. The standard InChI is InChI=1S/C11H11F2N3O/c1-11(2,17)10-6-16(15-14-10)9-4-3-7(12)5-8(9)13/h3-6,17H,1-2H3. The van der Waals surface area contributed by atoms with Crippen LogP contribution in [0.1, 0.15) is 19.5 Å². The fourth-order valence-corrected chi connectivity index (χ4v) is 1.33. The molecule has 0 spiro atoms. The van der Waals surface area contributed by atoms with E-state index in [4.69, 9.17) is 0 Å². The summed E-state index contributed by atoms with van der Waals surface area (Å²) in [5, 5.41) is 17.1. The first-order valence-corrected chi connectivity index (χ1v) is 4.98. The minimum atomic E-state index is -1.16. The van der Waals surface area contributed by atoms with E-state index in [-0.39, 0.29) is 5.69 Å². The Kier molecular flexibility index (Phi) is 2.66. The number of hydrogen-bond acceptors (Lipinski definition) is 3. The normalized spacial score (nSPS) is 11.8. The molecule has 90 valence electrons. The van der Waals surface area contributed by atoms with E-state index in [0.717, 1.165) is 16.8 Å². The predicted octanol–water partition coefficient (Wildman–Crippen LogP) is 1.77. The number of benzene rings is 1. The van der Waals surface area contributed by atoms with Gasteiger partial charge in [-0.3, -0.25) is 0 Å². The second-order valence-corrected chi connectivity index (χ2v) is 4.20. The van der Waals surface area contributed by atoms with Gasteiger partial charge < -0.3 is 5.11 Å². The maximum absolute atomic E-state index is 13.5. The summed E-state index contributed by atoms with van der Waals surface area (Å²) in [5.41, 5.74) is -0.773. The molecule has 17 heavy (non-hydrogen) atoms. The number of hydrogen-bond donors (Lipinski definition) is 1. The van der Waals surface area contributed by atoms with Crippen LogP contribution in [0.4, 0.5) is 8.78 Å². The summed E-state index contributed by atoms with van der Waals surface area (Å²) in [7, 11) is 0. The van der Waals surface area contributed by atoms with Crippen LogP contribution in [0.25, 0.3) is 5.69 Å². The van der Waals surface area contributed by atoms with Crippen molar-refractivity contribution < 1.29 is 13.9 Å². The molecule has 1 aromatic heterocycles. The molecule has 0 saturated carbocycles. The summed E-state index contributed by atoms with van der Waals surface area (Å²) < 4.78 is 27.3. The van der Waals surface area contributed by atoms with Gasteiger partial charge in [0.15, 0.2) is 5.82 Å². The van der Waals surface area contributed by atoms with Crippen molar-refractivity contribution in [3.8, 4) is 5.69 Å². The van der Waals surface area contributed by atoms with Gasteiger partial charge in [-0.05, 0) is 26.0 Å². The lowest BCUT2D eigenvalue weighted by molar-refractivity contribution is 0.0737. The van der Waals surface area contributed by atoms with Crippen LogP contribution in [0.3, 0.4) is 0 Å². The Morgan fingerprint density at radius 3 is 2.53 bits per heavy atom. The highest BCUT2D eigenvalue weighted by Crippen LogP contribution is 2.19. The van der Waals surface area contributed by atoms with Crippen LogP contribution < -0.4 is 0 Å². The van der Waals surface area contributed by atoms with Crippen molar-refractivity contribution in [3.05, 3.63) is 41.7 Å². The van der Waals surface area contributed by atoms with Crippen molar-refractivity contribution in [2.45, 2.75) is 19.4 Å². The largest absolute Gasteiger partial charge is 0.384 e. The van der Waals surface area contributed by atoms with Crippen molar-refractivity contribution in [2.75, 3.05) is 0 Å². The molecule has 0 radical (unpaired) electrons. The molecule has 4 nitrogen and oxygen atoms in total. The second kappa shape index (κ2) is 3.89. The molecule has 1 N–H and O–H groups in total. The zero-order valence-corrected chi connectivity index (χ0v) is 9.35. The Hall–Kier alpha value is -1.82. The van der Waals surface area contributed by atoms with Crippen LogP contribution in [-0.4, -0.2) is 20.1 Å². The van der Waals surface area contributed by atoms with Crippen molar-refractivity contribution in [1.82, 2.24) is 15.0 Å². The fourth-order valence-electron chi connectivity index (χ4n) is 1.33. The molecule has 0 aliphatic carbocycles. The highest BCUT2D eigenvalue weighted by Gasteiger charge is 2.21. The number of nitrogens with zero attached hydrogens (tertiary/aromatic N) is 3. The maximum atomic E-state index is 13.5. The summed E-state index contributed by atoms with van der Waals surface area (Å²) >= 11 is 0. The molecule has 0 fully saturated rings. The van der Waals surface area contributed by atoms with Crippen molar-refractivity contribution in [3.63, 3.8) is 0 Å². The van der Waals surface area contributed by atoms with Crippen molar-refractivity contribution >= 4 is 0 Å². The zero-order valence-electron chi connectivity index (χ0n) is 9.35. The minimum absolute atomic E-state index is 0.0781. The number of halogens is 2. The van der Waals surface area contributed by atoms with Crippen LogP contribution in [0.5, 0.6) is 0 Å². The monoisotopic (exact) mass is 239 g/mol. The Labute approximate surface area is 96.5 Å². The highest BCUT2D eigenvalue weighted by molar-refractivity contribution is 5.33. The SMILES string of the molecule is CC(C)(O)c1cn(-c2ccc(F)cc2F)nn1. The lowest BCUT2D eigenvalue weighted by Gasteiger charge is -2.11. The van der Waals surface area contributed by atoms with Crippen LogP contribution in [0.15, 0.2) is 24.4 Å². The number of rotatable bonds is 2. The van der Waals surface area contributed by atoms with E-state index in [0.29, 0.717) is 5.69 Å². The van der Waals surface area contributed by atoms with E-state index in [9.17, 15) is 13.9 Å². The summed E-state index contributed by atoms with van der Waals surface area (Å²) in [6.45, 7) is 3.09. The van der Waals surface area contributed by atoms with Gasteiger partial charge in [0.2, 0.25) is 0 Å². The average molecular weight is 239 g/mol. The average Bonchev–Trinajstić information content (AvgIpc) is 2.65. The maximum Gasteiger partial charge on any atom is 0.151 e. The van der Waals surface area contributed by atoms with Gasteiger partial charge in [-0.2, -0.15) is 0 Å². The van der Waals surface area contributed by atoms with E-state index in [1.807, 2.05) is 0 Å². The molecule has 1 aromatic carbocycles. The van der Waals surface area contributed by atoms with E-state index < -0.39 is 17.2 Å². The Morgan fingerprint density at radius 1 is 1.29 bits per heavy atom. The molecule has 0 unspecified atom stereocenters. The molecule has 2 rings (SSSR count). The topological polar surface area (TPSA) is 50.9 Å². The Bertz CT molecular complexity index is 546. The molecule has 0 bridgehead atoms. The molecular weight excluding hydrogens is 228 g/mol. The molecule has 0 amide bonds. The molecule has 6 heteroatoms. The van der Waals surface area contributed by atoms with Crippen molar-refractivity contribution in [2.24, 2.45) is 0 Å². The first kappa shape index (κ1) is 11.7. The molecule has 0 atom stereocenters. The second-order valence-electron chi connectivity index (χ2n) is 4.20. The summed E-state index contributed by atoms with van der Waals surface area (Å²) in [4.78, 5) is 0. The third-order valence-corrected chi connectivity index (χ3v) is 2.28. The zero-order chi connectivity index (χ0) is 12.6. The first-order chi connectivity index (χ1) is 7.88. The molecule has 0 saturated heterocycles. The van der Waals surface area contributed by atoms with E-state index in [1.165, 1.54) is 12.3 Å². The van der Waals surface area contributed by atoms with Crippen LogP contribution in [0.2, 0.25) is 0 Å². The lowest BCUT2D eigenvalue weighted by atomic mass is 10.1. The molecule has 1 heterocycles. The summed E-state index contributed by atoms with van der Waals surface area (Å²) in [6, 6.07) is 3.15. The Morgan fingerprint density at radius 2 is 2.00 bits per heavy atom. The third kappa shape index (κ3) is 2.31. The quantitative estimate of drug-likeness (QED) is 0.869. The highest BCUT2D eigenvalue weighted by atomic mass is 19.1. The van der Waals surface area contributed by atoms with E-state index in [1.54, 1.807) is 13.8 Å². The lowest BCUT2D eigenvalue weighted by Crippen LogP contribution is -2.15. The van der Waals surface area contributed by atoms with Crippen LogP contribution in [-0.2, 0) is 5.60 Å². The van der Waals surface area contributed by atoms with Crippen LogP contribution >= 0.6 is 0 Å². The van der Waals surface area contributed by atoms with Gasteiger partial charge in [-0.25, -0.2) is 13.5 Å². The Balaban J connectivity index is 2.44. The van der Waals surface area contributed by atoms with E-state index in [2.05, 4.69) is 10.3 Å². The van der Waals surface area contributed by atoms with Gasteiger partial charge in [0.25, 0.3) is 0 Å². The van der Waals surface area contributed by atoms with Gasteiger partial charge in [-0.15, -0.1) is 5.10 Å². The molecule has 2 aromatic rings. The first-order valence-electron chi connectivity index (χ1n) is 4.98. The van der Waals surface area contributed by atoms with E-state index >= 15 is 0 Å².